The third-order valence-corrected chi connectivity index (χ3v) is 3.93. The zero-order valence-corrected chi connectivity index (χ0v) is 13.6. The summed E-state index contributed by atoms with van der Waals surface area (Å²) in [6.45, 7) is 0. The van der Waals surface area contributed by atoms with E-state index < -0.39 is 11.7 Å². The molecule has 3 rings (SSSR count). The molecule has 2 heterocycles. The number of halogens is 5. The van der Waals surface area contributed by atoms with Gasteiger partial charge >= 0.3 is 6.18 Å². The lowest BCUT2D eigenvalue weighted by molar-refractivity contribution is -0.137. The highest BCUT2D eigenvalue weighted by atomic mass is 35.5. The molecule has 1 aromatic carbocycles. The number of hydrogen-bond acceptors (Lipinski definition) is 4. The first-order chi connectivity index (χ1) is 11.7. The van der Waals surface area contributed by atoms with Crippen molar-refractivity contribution in [2.45, 2.75) is 6.18 Å². The van der Waals surface area contributed by atoms with E-state index in [1.807, 2.05) is 6.07 Å². The molecule has 0 aliphatic carbocycles. The van der Waals surface area contributed by atoms with Crippen LogP contribution in [-0.4, -0.2) is 9.78 Å². The Kier molecular flexibility index (Phi) is 4.14. The average molecular weight is 387 g/mol. The van der Waals surface area contributed by atoms with Crippen molar-refractivity contribution in [1.29, 1.82) is 5.26 Å². The number of aromatic nitrogens is 2. The van der Waals surface area contributed by atoms with E-state index in [-0.39, 0.29) is 38.6 Å². The molecule has 0 unspecified atom stereocenters. The van der Waals surface area contributed by atoms with Crippen molar-refractivity contribution >= 4 is 29.0 Å². The van der Waals surface area contributed by atoms with Crippen molar-refractivity contribution in [3.63, 3.8) is 0 Å². The fraction of sp³-hybridized carbons (Fsp3) is 0.0667. The third-order valence-electron chi connectivity index (χ3n) is 3.35. The van der Waals surface area contributed by atoms with E-state index in [0.717, 1.165) is 4.68 Å². The summed E-state index contributed by atoms with van der Waals surface area (Å²) < 4.78 is 44.8. The lowest BCUT2D eigenvalue weighted by Gasteiger charge is -2.13. The maximum atomic E-state index is 12.9. The first-order valence-corrected chi connectivity index (χ1v) is 7.38. The Hall–Kier alpha value is -2.63. The Balaban J connectivity index is 2.24. The van der Waals surface area contributed by atoms with E-state index in [2.05, 4.69) is 5.10 Å². The maximum absolute atomic E-state index is 12.9. The van der Waals surface area contributed by atoms with Gasteiger partial charge in [0.15, 0.2) is 5.69 Å². The Labute approximate surface area is 149 Å². The van der Waals surface area contributed by atoms with Crippen LogP contribution in [0.15, 0.2) is 34.9 Å². The van der Waals surface area contributed by atoms with E-state index in [1.54, 1.807) is 12.1 Å². The number of rotatable bonds is 2. The molecular weight excluding hydrogens is 380 g/mol. The minimum atomic E-state index is -4.61. The molecule has 0 fully saturated rings. The monoisotopic (exact) mass is 386 g/mol. The number of nitrogens with zero attached hydrogens (tertiary/aromatic N) is 3. The summed E-state index contributed by atoms with van der Waals surface area (Å²) in [6, 6.07) is 6.43. The van der Waals surface area contributed by atoms with Crippen molar-refractivity contribution in [2.75, 3.05) is 5.73 Å². The highest BCUT2D eigenvalue weighted by molar-refractivity contribution is 6.38. The van der Waals surface area contributed by atoms with Gasteiger partial charge in [0.1, 0.15) is 23.3 Å². The second-order valence-corrected chi connectivity index (χ2v) is 5.71. The van der Waals surface area contributed by atoms with Crippen LogP contribution in [0.1, 0.15) is 11.3 Å². The second-order valence-electron chi connectivity index (χ2n) is 4.90. The van der Waals surface area contributed by atoms with Gasteiger partial charge < -0.3 is 10.2 Å². The number of benzene rings is 1. The van der Waals surface area contributed by atoms with Crippen molar-refractivity contribution in [1.82, 2.24) is 9.78 Å². The largest absolute Gasteiger partial charge is 0.464 e. The van der Waals surface area contributed by atoms with Crippen molar-refractivity contribution in [3.05, 3.63) is 51.8 Å². The molecule has 0 atom stereocenters. The van der Waals surface area contributed by atoms with Gasteiger partial charge in [-0.1, -0.05) is 23.2 Å². The molecule has 10 heteroatoms. The molecule has 0 aliphatic heterocycles. The van der Waals surface area contributed by atoms with Gasteiger partial charge in [-0.05, 0) is 24.3 Å². The second kappa shape index (κ2) is 6.02. The summed E-state index contributed by atoms with van der Waals surface area (Å²) in [6.07, 6.45) is -3.23. The number of alkyl halides is 3. The van der Waals surface area contributed by atoms with Crippen LogP contribution in [0, 0.1) is 11.3 Å². The number of anilines is 1. The molecule has 5 nitrogen and oxygen atoms in total. The minimum Gasteiger partial charge on any atom is -0.464 e. The van der Waals surface area contributed by atoms with Crippen LogP contribution in [-0.2, 0) is 6.18 Å². The molecular formula is C15H7Cl2F3N4O. The summed E-state index contributed by atoms with van der Waals surface area (Å²) in [7, 11) is 0. The first-order valence-electron chi connectivity index (χ1n) is 6.63. The van der Waals surface area contributed by atoms with E-state index in [0.29, 0.717) is 12.1 Å². The maximum Gasteiger partial charge on any atom is 0.416 e. The Morgan fingerprint density at radius 3 is 2.36 bits per heavy atom. The van der Waals surface area contributed by atoms with Gasteiger partial charge in [0, 0.05) is 0 Å². The number of nitrogens with two attached hydrogens (primary N) is 1. The summed E-state index contributed by atoms with van der Waals surface area (Å²) >= 11 is 11.9. The van der Waals surface area contributed by atoms with Crippen LogP contribution in [0.4, 0.5) is 19.0 Å². The van der Waals surface area contributed by atoms with Gasteiger partial charge in [0.2, 0.25) is 0 Å². The third kappa shape index (κ3) is 2.92. The Morgan fingerprint density at radius 2 is 1.88 bits per heavy atom. The SMILES string of the molecule is N#Cc1nn(-c2c(Cl)cc(C(F)(F)F)cc2Cl)c(N)c1-c1ccco1. The first kappa shape index (κ1) is 17.2. The van der Waals surface area contributed by atoms with Crippen LogP contribution in [0.5, 0.6) is 0 Å². The summed E-state index contributed by atoms with van der Waals surface area (Å²) in [5.74, 6) is 0.231. The molecule has 2 aromatic heterocycles. The van der Waals surface area contributed by atoms with Crippen LogP contribution < -0.4 is 5.73 Å². The molecule has 0 bridgehead atoms. The van der Waals surface area contributed by atoms with Crippen molar-refractivity contribution < 1.29 is 17.6 Å². The lowest BCUT2D eigenvalue weighted by Crippen LogP contribution is -2.08. The fourth-order valence-electron chi connectivity index (χ4n) is 2.28. The van der Waals surface area contributed by atoms with Crippen LogP contribution in [0.3, 0.4) is 0 Å². The average Bonchev–Trinajstić information content (AvgIpc) is 3.14. The lowest BCUT2D eigenvalue weighted by atomic mass is 10.2. The van der Waals surface area contributed by atoms with Gasteiger partial charge in [0.25, 0.3) is 0 Å². The van der Waals surface area contributed by atoms with Gasteiger partial charge in [-0.25, -0.2) is 4.68 Å². The highest BCUT2D eigenvalue weighted by Gasteiger charge is 2.33. The molecule has 128 valence electrons. The smallest absolute Gasteiger partial charge is 0.416 e. The van der Waals surface area contributed by atoms with Gasteiger partial charge in [0.05, 0.1) is 27.4 Å². The van der Waals surface area contributed by atoms with Gasteiger partial charge in [-0.2, -0.15) is 23.5 Å². The molecule has 0 amide bonds. The van der Waals surface area contributed by atoms with Gasteiger partial charge in [-0.15, -0.1) is 0 Å². The quantitative estimate of drug-likeness (QED) is 0.678. The molecule has 0 saturated heterocycles. The summed E-state index contributed by atoms with van der Waals surface area (Å²) in [5, 5.41) is 12.6. The predicted octanol–water partition coefficient (Wildman–Crippen LogP) is 4.91. The summed E-state index contributed by atoms with van der Waals surface area (Å²) in [4.78, 5) is 0. The zero-order valence-electron chi connectivity index (χ0n) is 12.1. The fourth-order valence-corrected chi connectivity index (χ4v) is 2.92. The summed E-state index contributed by atoms with van der Waals surface area (Å²) in [5.41, 5.74) is 5.05. The molecule has 0 spiro atoms. The number of furan rings is 1. The normalized spacial score (nSPS) is 11.5. The standard InChI is InChI=1S/C15H7Cl2F3N4O/c16-8-4-7(15(18,19)20)5-9(17)13(8)24-14(22)12(10(6-21)23-24)11-2-1-3-25-11/h1-5H,22H2. The van der Waals surface area contributed by atoms with E-state index in [4.69, 9.17) is 33.4 Å². The van der Waals surface area contributed by atoms with E-state index >= 15 is 0 Å². The minimum absolute atomic E-state index is 0.0462. The molecule has 3 aromatic rings. The molecule has 25 heavy (non-hydrogen) atoms. The number of nitrogen functional groups attached to an aromatic ring is 1. The number of hydrogen-bond donors (Lipinski definition) is 1. The number of nitriles is 1. The molecule has 0 radical (unpaired) electrons. The molecule has 2 N–H and O–H groups in total. The van der Waals surface area contributed by atoms with Crippen molar-refractivity contribution in [2.24, 2.45) is 0 Å². The highest BCUT2D eigenvalue weighted by Crippen LogP contribution is 2.40. The van der Waals surface area contributed by atoms with E-state index in [9.17, 15) is 18.4 Å². The predicted molar refractivity (Wildman–Crippen MR) is 85.4 cm³/mol. The zero-order chi connectivity index (χ0) is 18.4. The van der Waals surface area contributed by atoms with Gasteiger partial charge in [-0.3, -0.25) is 0 Å². The van der Waals surface area contributed by atoms with Crippen LogP contribution in [0.25, 0.3) is 17.0 Å². The topological polar surface area (TPSA) is 80.8 Å². The van der Waals surface area contributed by atoms with Crippen LogP contribution >= 0.6 is 23.2 Å². The van der Waals surface area contributed by atoms with Crippen molar-refractivity contribution in [3.8, 4) is 23.1 Å². The Morgan fingerprint density at radius 1 is 1.24 bits per heavy atom. The molecule has 0 aliphatic rings. The van der Waals surface area contributed by atoms with E-state index in [1.165, 1.54) is 6.26 Å². The Bertz CT molecular complexity index is 965. The molecule has 0 saturated carbocycles. The van der Waals surface area contributed by atoms with Crippen LogP contribution in [0.2, 0.25) is 10.0 Å².